The van der Waals surface area contributed by atoms with Gasteiger partial charge in [0.1, 0.15) is 22.3 Å². The summed E-state index contributed by atoms with van der Waals surface area (Å²) in [6, 6.07) is 14.0. The molecule has 1 fully saturated rings. The number of rotatable bonds is 9. The van der Waals surface area contributed by atoms with Crippen molar-refractivity contribution in [1.29, 1.82) is 0 Å². The highest BCUT2D eigenvalue weighted by Gasteiger charge is 2.34. The summed E-state index contributed by atoms with van der Waals surface area (Å²) in [5, 5.41) is 6.95. The Bertz CT molecular complexity index is 2000. The van der Waals surface area contributed by atoms with E-state index in [4.69, 9.17) is 9.84 Å². The van der Waals surface area contributed by atoms with Crippen LogP contribution < -0.4 is 0 Å². The van der Waals surface area contributed by atoms with Crippen LogP contribution in [0.5, 0.6) is 0 Å². The van der Waals surface area contributed by atoms with E-state index >= 15 is 4.39 Å². The van der Waals surface area contributed by atoms with E-state index in [2.05, 4.69) is 4.98 Å². The van der Waals surface area contributed by atoms with Gasteiger partial charge in [0.05, 0.1) is 18.0 Å². The molecular weight excluding hydrogens is 611 g/mol. The number of esters is 1. The highest BCUT2D eigenvalue weighted by Crippen LogP contribution is 2.46. The summed E-state index contributed by atoms with van der Waals surface area (Å²) in [7, 11) is -3.76. The topological polar surface area (TPSA) is 91.2 Å². The van der Waals surface area contributed by atoms with Crippen molar-refractivity contribution in [3.05, 3.63) is 106 Å². The highest BCUT2D eigenvalue weighted by atomic mass is 32.2. The smallest absolute Gasteiger partial charge is 0.357 e. The van der Waals surface area contributed by atoms with Crippen LogP contribution in [0.25, 0.3) is 27.5 Å². The predicted octanol–water partition coefficient (Wildman–Crippen LogP) is 7.13. The van der Waals surface area contributed by atoms with Gasteiger partial charge in [0, 0.05) is 40.7 Å². The van der Waals surface area contributed by atoms with Gasteiger partial charge in [-0.05, 0) is 73.4 Å². The molecule has 44 heavy (non-hydrogen) atoms. The Morgan fingerprint density at radius 1 is 1.00 bits per heavy atom. The van der Waals surface area contributed by atoms with Crippen LogP contribution >= 0.6 is 11.3 Å². The number of aromatic nitrogens is 3. The lowest BCUT2D eigenvalue weighted by molar-refractivity contribution is 0.0520. The molecule has 12 heteroatoms. The summed E-state index contributed by atoms with van der Waals surface area (Å²) in [6.45, 7) is 1.90. The van der Waals surface area contributed by atoms with E-state index in [1.165, 1.54) is 53.8 Å². The quantitative estimate of drug-likeness (QED) is 0.160. The van der Waals surface area contributed by atoms with Gasteiger partial charge in [-0.3, -0.25) is 0 Å². The second kappa shape index (κ2) is 11.7. The van der Waals surface area contributed by atoms with Gasteiger partial charge < -0.3 is 4.74 Å². The van der Waals surface area contributed by atoms with E-state index in [1.807, 2.05) is 0 Å². The number of hydrogen-bond acceptors (Lipinski definition) is 7. The fourth-order valence-electron chi connectivity index (χ4n) is 5.13. The Hall–Kier alpha value is -4.29. The molecule has 226 valence electrons. The van der Waals surface area contributed by atoms with Crippen molar-refractivity contribution in [2.75, 3.05) is 12.9 Å². The molecule has 7 nitrogen and oxygen atoms in total. The van der Waals surface area contributed by atoms with Crippen molar-refractivity contribution in [3.8, 4) is 27.5 Å². The van der Waals surface area contributed by atoms with Crippen LogP contribution in [0.4, 0.5) is 13.2 Å². The molecule has 0 amide bonds. The molecule has 0 N–H and O–H groups in total. The molecule has 2 aromatic heterocycles. The number of benzene rings is 3. The van der Waals surface area contributed by atoms with Crippen LogP contribution in [0.1, 0.15) is 53.0 Å². The number of halogens is 3. The molecule has 1 saturated carbocycles. The van der Waals surface area contributed by atoms with E-state index in [9.17, 15) is 22.0 Å². The van der Waals surface area contributed by atoms with Gasteiger partial charge in [0.25, 0.3) is 0 Å². The monoisotopic (exact) mass is 637 g/mol. The molecule has 0 spiro atoms. The molecule has 1 aliphatic carbocycles. The molecule has 0 saturated heterocycles. The van der Waals surface area contributed by atoms with Crippen molar-refractivity contribution in [2.45, 2.75) is 37.0 Å². The Morgan fingerprint density at radius 2 is 1.73 bits per heavy atom. The first kappa shape index (κ1) is 29.8. The molecule has 5 aromatic rings. The summed E-state index contributed by atoms with van der Waals surface area (Å²) in [5.74, 6) is -2.24. The van der Waals surface area contributed by atoms with Gasteiger partial charge in [0.2, 0.25) is 5.13 Å². The highest BCUT2D eigenvalue weighted by molar-refractivity contribution is 7.90. The van der Waals surface area contributed by atoms with E-state index in [-0.39, 0.29) is 30.2 Å². The molecule has 0 bridgehead atoms. The van der Waals surface area contributed by atoms with Crippen LogP contribution in [0.15, 0.2) is 70.9 Å². The average molecular weight is 638 g/mol. The van der Waals surface area contributed by atoms with Gasteiger partial charge in [0.15, 0.2) is 15.5 Å². The average Bonchev–Trinajstić information content (AvgIpc) is 3.57. The zero-order valence-corrected chi connectivity index (χ0v) is 25.3. The number of sulfone groups is 1. The van der Waals surface area contributed by atoms with Gasteiger partial charge in [-0.2, -0.15) is 5.10 Å². The Labute approximate surface area is 255 Å². The molecule has 6 rings (SSSR count). The van der Waals surface area contributed by atoms with Crippen molar-refractivity contribution >= 4 is 27.1 Å². The predicted molar refractivity (Wildman–Crippen MR) is 160 cm³/mol. The van der Waals surface area contributed by atoms with Gasteiger partial charge in [-0.1, -0.05) is 18.2 Å². The first-order valence-corrected chi connectivity index (χ1v) is 16.6. The second-order valence-corrected chi connectivity index (χ2v) is 13.4. The summed E-state index contributed by atoms with van der Waals surface area (Å²) in [5.41, 5.74) is 4.02. The fraction of sp³-hybridized carbons (Fsp3) is 0.219. The molecule has 0 radical (unpaired) electrons. The lowest BCUT2D eigenvalue weighted by atomic mass is 9.95. The molecule has 0 atom stereocenters. The minimum atomic E-state index is -3.76. The lowest BCUT2D eigenvalue weighted by Crippen LogP contribution is -2.07. The maximum Gasteiger partial charge on any atom is 0.357 e. The lowest BCUT2D eigenvalue weighted by Gasteiger charge is -2.10. The molecule has 0 aliphatic heterocycles. The number of ether oxygens (including phenoxy) is 1. The maximum absolute atomic E-state index is 15.1. The molecule has 3 aromatic carbocycles. The van der Waals surface area contributed by atoms with Crippen molar-refractivity contribution in [1.82, 2.24) is 14.8 Å². The SMILES string of the molecule is CCOC(=O)c1csc(-n2nc(-c3ccc(F)c(-c4ccc(F)cc4)c3)c(Cc3ccc(S(C)(=O)=O)c(F)c3)c2C2CC2)n1. The number of thiazole rings is 1. The number of nitrogens with zero attached hydrogens (tertiary/aromatic N) is 3. The summed E-state index contributed by atoms with van der Waals surface area (Å²) in [4.78, 5) is 16.5. The van der Waals surface area contributed by atoms with Crippen LogP contribution in [0.2, 0.25) is 0 Å². The van der Waals surface area contributed by atoms with Crippen LogP contribution in [0, 0.1) is 17.5 Å². The third-order valence-electron chi connectivity index (χ3n) is 7.32. The molecule has 0 unspecified atom stereocenters. The third kappa shape index (κ3) is 5.91. The van der Waals surface area contributed by atoms with E-state index in [1.54, 1.807) is 35.2 Å². The first-order chi connectivity index (χ1) is 21.0. The normalized spacial score (nSPS) is 13.3. The maximum atomic E-state index is 15.1. The van der Waals surface area contributed by atoms with Crippen LogP contribution in [0.3, 0.4) is 0 Å². The number of carbonyl (C=O) groups is 1. The minimum Gasteiger partial charge on any atom is -0.461 e. The van der Waals surface area contributed by atoms with Gasteiger partial charge in [-0.15, -0.1) is 11.3 Å². The standard InChI is InChI=1S/C32H26F3N3O4S2/c1-3-42-31(39)27-17-43-32(36-27)38-30(20-5-6-20)24(14-18-4-13-28(26(35)15-18)44(2,40)41)29(37-38)21-9-12-25(34)23(16-21)19-7-10-22(33)11-8-19/h4,7-13,15-17,20H,3,5-6,14H2,1-2H3. The van der Waals surface area contributed by atoms with Gasteiger partial charge >= 0.3 is 5.97 Å². The number of carbonyl (C=O) groups excluding carboxylic acids is 1. The van der Waals surface area contributed by atoms with E-state index < -0.39 is 38.2 Å². The van der Waals surface area contributed by atoms with E-state index in [0.29, 0.717) is 27.5 Å². The minimum absolute atomic E-state index is 0.110. The van der Waals surface area contributed by atoms with Crippen LogP contribution in [-0.4, -0.2) is 42.0 Å². The Balaban J connectivity index is 1.52. The second-order valence-electron chi connectivity index (χ2n) is 10.5. The largest absolute Gasteiger partial charge is 0.461 e. The molecule has 1 aliphatic rings. The molecular formula is C32H26F3N3O4S2. The number of hydrogen-bond donors (Lipinski definition) is 0. The van der Waals surface area contributed by atoms with Crippen molar-refractivity contribution in [2.24, 2.45) is 0 Å². The Kier molecular flexibility index (Phi) is 7.89. The zero-order chi connectivity index (χ0) is 31.2. The summed E-state index contributed by atoms with van der Waals surface area (Å²) < 4.78 is 74.4. The Morgan fingerprint density at radius 3 is 2.39 bits per heavy atom. The fourth-order valence-corrected chi connectivity index (χ4v) is 6.62. The summed E-state index contributed by atoms with van der Waals surface area (Å²) >= 11 is 1.22. The van der Waals surface area contributed by atoms with Crippen molar-refractivity contribution < 1.29 is 31.1 Å². The zero-order valence-electron chi connectivity index (χ0n) is 23.7. The van der Waals surface area contributed by atoms with Crippen LogP contribution in [-0.2, 0) is 21.0 Å². The third-order valence-corrected chi connectivity index (χ3v) is 9.26. The van der Waals surface area contributed by atoms with E-state index in [0.717, 1.165) is 30.4 Å². The van der Waals surface area contributed by atoms with Crippen molar-refractivity contribution in [3.63, 3.8) is 0 Å². The molecule has 2 heterocycles. The van der Waals surface area contributed by atoms with Gasteiger partial charge in [-0.25, -0.2) is 36.0 Å². The summed E-state index contributed by atoms with van der Waals surface area (Å²) in [6.07, 6.45) is 2.89. The first-order valence-electron chi connectivity index (χ1n) is 13.8.